The molecule has 0 aromatic carbocycles. The predicted octanol–water partition coefficient (Wildman–Crippen LogP) is 3.12. The van der Waals surface area contributed by atoms with Crippen molar-refractivity contribution in [3.63, 3.8) is 0 Å². The summed E-state index contributed by atoms with van der Waals surface area (Å²) in [5.74, 6) is 0.774. The summed E-state index contributed by atoms with van der Waals surface area (Å²) in [5, 5.41) is 2.30. The Morgan fingerprint density at radius 2 is 2.00 bits per heavy atom. The highest BCUT2D eigenvalue weighted by molar-refractivity contribution is 4.93. The molecule has 15 heavy (non-hydrogen) atoms. The van der Waals surface area contributed by atoms with Crippen LogP contribution < -0.4 is 5.56 Å². The number of hydrogen-bond acceptors (Lipinski definition) is 2. The van der Waals surface area contributed by atoms with E-state index in [1.165, 1.54) is 25.3 Å². The molecule has 1 aromatic heterocycles. The van der Waals surface area contributed by atoms with Crippen molar-refractivity contribution in [3.8, 4) is 0 Å². The van der Waals surface area contributed by atoms with Gasteiger partial charge in [0, 0.05) is 12.5 Å². The van der Waals surface area contributed by atoms with Gasteiger partial charge in [0.05, 0.1) is 0 Å². The highest BCUT2D eigenvalue weighted by Crippen LogP contribution is 2.22. The van der Waals surface area contributed by atoms with Crippen LogP contribution in [0.4, 0.5) is 0 Å². The van der Waals surface area contributed by atoms with Crippen molar-refractivity contribution in [2.75, 3.05) is 0 Å². The second-order valence-corrected chi connectivity index (χ2v) is 5.30. The third-order valence-electron chi connectivity index (χ3n) is 2.42. The Bertz CT molecular complexity index is 330. The molecule has 0 atom stereocenters. The Labute approximate surface area is 90.8 Å². The van der Waals surface area contributed by atoms with Crippen LogP contribution in [0.2, 0.25) is 0 Å². The molecule has 3 heteroatoms. The van der Waals surface area contributed by atoms with Crippen LogP contribution in [0.1, 0.15) is 52.2 Å². The summed E-state index contributed by atoms with van der Waals surface area (Å²) < 4.78 is 4.97. The number of H-pyrrole nitrogens is 1. The van der Waals surface area contributed by atoms with Crippen LogP contribution in [0.15, 0.2) is 15.4 Å². The highest BCUT2D eigenvalue weighted by atomic mass is 16.5. The number of aryl methyl sites for hydroxylation is 1. The smallest absolute Gasteiger partial charge is 0.280 e. The first-order chi connectivity index (χ1) is 6.97. The predicted molar refractivity (Wildman–Crippen MR) is 61.0 cm³/mol. The summed E-state index contributed by atoms with van der Waals surface area (Å²) in [4.78, 5) is 10.8. The van der Waals surface area contributed by atoms with E-state index in [1.54, 1.807) is 0 Å². The molecule has 0 amide bonds. The van der Waals surface area contributed by atoms with Gasteiger partial charge >= 0.3 is 0 Å². The maximum Gasteiger partial charge on any atom is 0.280 e. The zero-order chi connectivity index (χ0) is 11.3. The van der Waals surface area contributed by atoms with E-state index >= 15 is 0 Å². The molecule has 0 unspecified atom stereocenters. The van der Waals surface area contributed by atoms with E-state index in [9.17, 15) is 4.79 Å². The number of aromatic nitrogens is 1. The van der Waals surface area contributed by atoms with Crippen LogP contribution in [-0.4, -0.2) is 5.16 Å². The van der Waals surface area contributed by atoms with Gasteiger partial charge < -0.3 is 4.52 Å². The molecule has 0 aliphatic carbocycles. The molecule has 1 N–H and O–H groups in total. The summed E-state index contributed by atoms with van der Waals surface area (Å²) in [6, 6.07) is 1.53. The molecule has 0 aliphatic heterocycles. The van der Waals surface area contributed by atoms with Crippen LogP contribution in [-0.2, 0) is 6.42 Å². The Kier molecular flexibility index (Phi) is 4.18. The van der Waals surface area contributed by atoms with Crippen LogP contribution in [0.3, 0.4) is 0 Å². The average Bonchev–Trinajstić information content (AvgIpc) is 2.49. The zero-order valence-corrected chi connectivity index (χ0v) is 9.93. The number of hydrogen-bond donors (Lipinski definition) is 1. The molecule has 1 aromatic rings. The maximum absolute atomic E-state index is 10.8. The van der Waals surface area contributed by atoms with Crippen LogP contribution in [0, 0.1) is 5.41 Å². The summed E-state index contributed by atoms with van der Waals surface area (Å²) in [5.41, 5.74) is 0.292. The summed E-state index contributed by atoms with van der Waals surface area (Å²) in [7, 11) is 0. The minimum atomic E-state index is -0.139. The second-order valence-electron chi connectivity index (χ2n) is 5.30. The Hall–Kier alpha value is -0.990. The van der Waals surface area contributed by atoms with E-state index in [0.29, 0.717) is 5.41 Å². The molecule has 0 radical (unpaired) electrons. The minimum Gasteiger partial charge on any atom is -0.384 e. The third-order valence-corrected chi connectivity index (χ3v) is 2.42. The number of aromatic amines is 1. The lowest BCUT2D eigenvalue weighted by Gasteiger charge is -2.17. The second kappa shape index (κ2) is 5.19. The van der Waals surface area contributed by atoms with Crippen molar-refractivity contribution >= 4 is 0 Å². The lowest BCUT2D eigenvalue weighted by atomic mass is 9.89. The Morgan fingerprint density at radius 3 is 2.53 bits per heavy atom. The van der Waals surface area contributed by atoms with E-state index in [4.69, 9.17) is 4.52 Å². The monoisotopic (exact) mass is 211 g/mol. The fourth-order valence-electron chi connectivity index (χ4n) is 1.58. The van der Waals surface area contributed by atoms with Crippen LogP contribution in [0.5, 0.6) is 0 Å². The van der Waals surface area contributed by atoms with Gasteiger partial charge in [-0.2, -0.15) is 5.16 Å². The van der Waals surface area contributed by atoms with Gasteiger partial charge in [-0.05, 0) is 18.3 Å². The molecule has 0 saturated carbocycles. The first-order valence-electron chi connectivity index (χ1n) is 5.65. The molecule has 1 heterocycles. The van der Waals surface area contributed by atoms with Crippen molar-refractivity contribution in [3.05, 3.63) is 22.2 Å². The van der Waals surface area contributed by atoms with E-state index in [1.807, 2.05) is 0 Å². The third kappa shape index (κ3) is 5.45. The SMILES string of the molecule is CC(C)(C)CCCCCc1cc(=O)[nH]o1. The summed E-state index contributed by atoms with van der Waals surface area (Å²) >= 11 is 0. The van der Waals surface area contributed by atoms with Crippen molar-refractivity contribution in [2.24, 2.45) is 5.41 Å². The molecule has 0 aliphatic rings. The van der Waals surface area contributed by atoms with Crippen molar-refractivity contribution in [2.45, 2.75) is 52.9 Å². The molecule has 86 valence electrons. The molecule has 0 bridgehead atoms. The minimum absolute atomic E-state index is 0.139. The standard InChI is InChI=1S/C12H21NO2/c1-12(2,3)8-6-4-5-7-10-9-11(14)13-15-10/h9H,4-8H2,1-3H3,(H,13,14). The van der Waals surface area contributed by atoms with E-state index in [-0.39, 0.29) is 5.56 Å². The van der Waals surface area contributed by atoms with E-state index in [2.05, 4.69) is 25.9 Å². The Balaban J connectivity index is 2.10. The quantitative estimate of drug-likeness (QED) is 0.760. The molecular weight excluding hydrogens is 190 g/mol. The fourth-order valence-corrected chi connectivity index (χ4v) is 1.58. The zero-order valence-electron chi connectivity index (χ0n) is 9.93. The van der Waals surface area contributed by atoms with Gasteiger partial charge in [-0.3, -0.25) is 4.79 Å². The fraction of sp³-hybridized carbons (Fsp3) is 0.750. The lowest BCUT2D eigenvalue weighted by molar-refractivity contribution is 0.350. The molecule has 0 saturated heterocycles. The first-order valence-corrected chi connectivity index (χ1v) is 5.65. The van der Waals surface area contributed by atoms with Gasteiger partial charge in [-0.15, -0.1) is 0 Å². The average molecular weight is 211 g/mol. The Morgan fingerprint density at radius 1 is 1.27 bits per heavy atom. The topological polar surface area (TPSA) is 46.0 Å². The van der Waals surface area contributed by atoms with Crippen molar-refractivity contribution in [1.29, 1.82) is 0 Å². The summed E-state index contributed by atoms with van der Waals surface area (Å²) in [6.45, 7) is 6.79. The highest BCUT2D eigenvalue weighted by Gasteiger charge is 2.08. The molecule has 3 nitrogen and oxygen atoms in total. The normalized spacial score (nSPS) is 11.9. The van der Waals surface area contributed by atoms with Crippen LogP contribution >= 0.6 is 0 Å². The van der Waals surface area contributed by atoms with Gasteiger partial charge in [0.2, 0.25) is 0 Å². The van der Waals surface area contributed by atoms with Crippen molar-refractivity contribution < 1.29 is 4.52 Å². The van der Waals surface area contributed by atoms with Crippen molar-refractivity contribution in [1.82, 2.24) is 5.16 Å². The molecule has 0 spiro atoms. The molecule has 0 fully saturated rings. The number of rotatable bonds is 5. The summed E-state index contributed by atoms with van der Waals surface area (Å²) in [6.07, 6.45) is 5.66. The van der Waals surface area contributed by atoms with Gasteiger partial charge in [0.15, 0.2) is 0 Å². The van der Waals surface area contributed by atoms with Gasteiger partial charge in [0.25, 0.3) is 5.56 Å². The van der Waals surface area contributed by atoms with Gasteiger partial charge in [0.1, 0.15) is 5.76 Å². The van der Waals surface area contributed by atoms with E-state index < -0.39 is 0 Å². The van der Waals surface area contributed by atoms with Gasteiger partial charge in [-0.25, -0.2) is 0 Å². The lowest BCUT2D eigenvalue weighted by Crippen LogP contribution is -2.04. The molecular formula is C12H21NO2. The first kappa shape index (κ1) is 12.1. The van der Waals surface area contributed by atoms with E-state index in [0.717, 1.165) is 18.6 Å². The largest absolute Gasteiger partial charge is 0.384 e. The number of nitrogens with one attached hydrogen (secondary N) is 1. The van der Waals surface area contributed by atoms with Crippen LogP contribution in [0.25, 0.3) is 0 Å². The number of unbranched alkanes of at least 4 members (excludes halogenated alkanes) is 2. The van der Waals surface area contributed by atoms with Gasteiger partial charge in [-0.1, -0.05) is 33.6 Å². The molecule has 1 rings (SSSR count). The maximum atomic E-state index is 10.8.